The van der Waals surface area contributed by atoms with E-state index in [1.807, 2.05) is 13.8 Å². The number of hydrogen-bond acceptors (Lipinski definition) is 0. The van der Waals surface area contributed by atoms with Crippen LogP contribution >= 0.6 is 28.2 Å². The number of allylic oxidation sites excluding steroid dienone is 1. The summed E-state index contributed by atoms with van der Waals surface area (Å²) in [6, 6.07) is 0. The molecule has 0 spiro atoms. The second-order valence-electron chi connectivity index (χ2n) is 1.26. The molecule has 0 aliphatic rings. The Morgan fingerprint density at radius 3 is 1.43 bits per heavy atom. The van der Waals surface area contributed by atoms with Crippen LogP contribution in [0.3, 0.4) is 0 Å². The molecule has 0 saturated heterocycles. The van der Waals surface area contributed by atoms with Crippen LogP contribution in [0.15, 0.2) is 12.2 Å². The number of rotatable bonds is 0. The van der Waals surface area contributed by atoms with Crippen LogP contribution < -0.4 is 0 Å². The standard InChI is InChI=1S/C4H8.2BrH.Mn/c1-4(2)3;;;/h1H2,2-3H3;2*1H;/q;;;+2/p-2. The Kier molecular flexibility index (Phi) is 16.2. The van der Waals surface area contributed by atoms with Crippen molar-refractivity contribution in [1.29, 1.82) is 0 Å². The molecule has 0 bridgehead atoms. The van der Waals surface area contributed by atoms with Crippen molar-refractivity contribution in [3.8, 4) is 0 Å². The summed E-state index contributed by atoms with van der Waals surface area (Å²) in [6.45, 7) is 7.50. The first-order chi connectivity index (χ1) is 3.15. The monoisotopic (exact) mass is 269 g/mol. The maximum absolute atomic E-state index is 3.56. The van der Waals surface area contributed by atoms with E-state index >= 15 is 0 Å². The molecule has 45 valence electrons. The zero-order chi connectivity index (χ0) is 6.28. The van der Waals surface area contributed by atoms with Crippen LogP contribution in [0.4, 0.5) is 0 Å². The summed E-state index contributed by atoms with van der Waals surface area (Å²) in [5.74, 6) is 0. The van der Waals surface area contributed by atoms with E-state index in [-0.39, 0.29) is 0 Å². The predicted molar refractivity (Wildman–Crippen MR) is 38.3 cm³/mol. The van der Waals surface area contributed by atoms with Crippen molar-refractivity contribution < 1.29 is 11.3 Å². The first-order valence-electron chi connectivity index (χ1n) is 1.64. The van der Waals surface area contributed by atoms with Crippen molar-refractivity contribution >= 4 is 28.2 Å². The van der Waals surface area contributed by atoms with E-state index in [2.05, 4.69) is 34.8 Å². The van der Waals surface area contributed by atoms with Gasteiger partial charge >= 0.3 is 39.6 Å². The third kappa shape index (κ3) is 132. The summed E-state index contributed by atoms with van der Waals surface area (Å²) >= 11 is 6.88. The van der Waals surface area contributed by atoms with Gasteiger partial charge in [0.1, 0.15) is 0 Å². The molecule has 0 N–H and O–H groups in total. The van der Waals surface area contributed by atoms with Crippen LogP contribution in [0.1, 0.15) is 13.8 Å². The summed E-state index contributed by atoms with van der Waals surface area (Å²) in [5, 5.41) is 0. The molecule has 0 atom stereocenters. The fourth-order valence-electron chi connectivity index (χ4n) is 0. The summed E-state index contributed by atoms with van der Waals surface area (Å²) < 4.78 is 0. The van der Waals surface area contributed by atoms with Crippen LogP contribution in [-0.4, -0.2) is 0 Å². The third-order valence-corrected chi connectivity index (χ3v) is 0. The first kappa shape index (κ1) is 11.1. The summed E-state index contributed by atoms with van der Waals surface area (Å²) in [7, 11) is 0. The predicted octanol–water partition coefficient (Wildman–Crippen LogP) is 3.27. The van der Waals surface area contributed by atoms with Crippen molar-refractivity contribution in [3.63, 3.8) is 0 Å². The van der Waals surface area contributed by atoms with Gasteiger partial charge in [0.2, 0.25) is 0 Å². The van der Waals surface area contributed by atoms with Crippen LogP contribution in [-0.2, 0) is 11.3 Å². The minimum absolute atomic E-state index is 0.688. The van der Waals surface area contributed by atoms with Gasteiger partial charge in [-0.05, 0) is 13.8 Å². The van der Waals surface area contributed by atoms with E-state index < -0.39 is 0 Å². The molecule has 7 heavy (non-hydrogen) atoms. The quantitative estimate of drug-likeness (QED) is 0.468. The Morgan fingerprint density at radius 1 is 1.43 bits per heavy atom. The zero-order valence-electron chi connectivity index (χ0n) is 4.34. The van der Waals surface area contributed by atoms with Gasteiger partial charge in [0.25, 0.3) is 0 Å². The van der Waals surface area contributed by atoms with Gasteiger partial charge in [0.05, 0.1) is 0 Å². The average molecular weight is 271 g/mol. The normalized spacial score (nSPS) is 6.29. The summed E-state index contributed by atoms with van der Waals surface area (Å²) in [6.07, 6.45) is 0. The van der Waals surface area contributed by atoms with Crippen LogP contribution in [0.5, 0.6) is 0 Å². The molecule has 0 aromatic rings. The molecule has 0 fully saturated rings. The van der Waals surface area contributed by atoms with Crippen molar-refractivity contribution in [3.05, 3.63) is 12.2 Å². The van der Waals surface area contributed by atoms with Gasteiger partial charge in [-0.25, -0.2) is 0 Å². The van der Waals surface area contributed by atoms with E-state index in [0.29, 0.717) is 11.3 Å². The zero-order valence-corrected chi connectivity index (χ0v) is 8.69. The van der Waals surface area contributed by atoms with Crippen molar-refractivity contribution in [2.45, 2.75) is 13.8 Å². The number of hydrogen-bond donors (Lipinski definition) is 0. The van der Waals surface area contributed by atoms with Gasteiger partial charge < -0.3 is 0 Å². The maximum atomic E-state index is 3.56. The average Bonchev–Trinajstić information content (AvgIpc) is 1.33. The molecule has 0 unspecified atom stereocenters. The van der Waals surface area contributed by atoms with Gasteiger partial charge in [0.15, 0.2) is 0 Å². The molecule has 0 rings (SSSR count). The molecule has 3 heteroatoms. The van der Waals surface area contributed by atoms with Gasteiger partial charge in [-0.3, -0.25) is 0 Å². The molecular weight excluding hydrogens is 263 g/mol. The molecule has 0 radical (unpaired) electrons. The van der Waals surface area contributed by atoms with Crippen LogP contribution in [0.25, 0.3) is 0 Å². The second-order valence-corrected chi connectivity index (χ2v) is 7.22. The Balaban J connectivity index is 0. The van der Waals surface area contributed by atoms with Crippen molar-refractivity contribution in [2.24, 2.45) is 0 Å². The van der Waals surface area contributed by atoms with Crippen LogP contribution in [0, 0.1) is 0 Å². The van der Waals surface area contributed by atoms with E-state index in [9.17, 15) is 0 Å². The van der Waals surface area contributed by atoms with Gasteiger partial charge in [0, 0.05) is 0 Å². The Morgan fingerprint density at radius 2 is 1.43 bits per heavy atom. The van der Waals surface area contributed by atoms with Crippen LogP contribution in [0.2, 0.25) is 0 Å². The fraction of sp³-hybridized carbons (Fsp3) is 0.500. The van der Waals surface area contributed by atoms with Gasteiger partial charge in [-0.1, -0.05) is 5.57 Å². The molecule has 0 heterocycles. The third-order valence-electron chi connectivity index (χ3n) is 0. The Hall–Kier alpha value is 1.22. The molecule has 0 aromatic carbocycles. The molecule has 0 amide bonds. The summed E-state index contributed by atoms with van der Waals surface area (Å²) in [4.78, 5) is 0. The van der Waals surface area contributed by atoms with Crippen molar-refractivity contribution in [2.75, 3.05) is 0 Å². The summed E-state index contributed by atoms with van der Waals surface area (Å²) in [5.41, 5.74) is 1.17. The van der Waals surface area contributed by atoms with E-state index in [4.69, 9.17) is 0 Å². The SMILES string of the molecule is C=C(C)C.[Br][Mn][Br]. The van der Waals surface area contributed by atoms with E-state index in [0.717, 1.165) is 0 Å². The first-order valence-corrected chi connectivity index (χ1v) is 7.47. The molecule has 0 saturated carbocycles. The topological polar surface area (TPSA) is 0 Å². The number of halogens is 2. The molecule has 0 nitrogen and oxygen atoms in total. The van der Waals surface area contributed by atoms with E-state index in [1.165, 1.54) is 5.57 Å². The Labute approximate surface area is 65.3 Å². The van der Waals surface area contributed by atoms with Gasteiger partial charge in [-0.15, -0.1) is 6.58 Å². The molecular formula is C4H8Br2Mn. The van der Waals surface area contributed by atoms with Crippen molar-refractivity contribution in [1.82, 2.24) is 0 Å². The Bertz CT molecular complexity index is 41.0. The molecule has 0 aliphatic heterocycles. The van der Waals surface area contributed by atoms with E-state index in [1.54, 1.807) is 0 Å². The molecule has 0 aliphatic carbocycles. The molecule has 0 aromatic heterocycles. The minimum atomic E-state index is 0.688. The van der Waals surface area contributed by atoms with Gasteiger partial charge in [-0.2, -0.15) is 0 Å². The second kappa shape index (κ2) is 10.3. The fourth-order valence-corrected chi connectivity index (χ4v) is 0.